The minimum Gasteiger partial charge on any atom is -0.502 e. The van der Waals surface area contributed by atoms with Crippen LogP contribution >= 0.6 is 22.6 Å². The van der Waals surface area contributed by atoms with Crippen molar-refractivity contribution in [1.82, 2.24) is 0 Å². The van der Waals surface area contributed by atoms with Gasteiger partial charge in [0.25, 0.3) is 0 Å². The average Bonchev–Trinajstić information content (AvgIpc) is 2.21. The van der Waals surface area contributed by atoms with Gasteiger partial charge >= 0.3 is 7.12 Å². The summed E-state index contributed by atoms with van der Waals surface area (Å²) >= 11 is 2.26. The minimum atomic E-state index is -0.307. The SMILES string of the molecule is CCO/C=C/B1OC(C)(C)C(C)(I)O1. The maximum absolute atomic E-state index is 5.71. The second kappa shape index (κ2) is 4.41. The van der Waals surface area contributed by atoms with E-state index in [9.17, 15) is 0 Å². The molecule has 0 aliphatic carbocycles. The van der Waals surface area contributed by atoms with Crippen molar-refractivity contribution in [2.24, 2.45) is 0 Å². The van der Waals surface area contributed by atoms with E-state index in [0.717, 1.165) is 0 Å². The molecule has 1 aliphatic heterocycles. The number of halogens is 1. The molecule has 0 aromatic carbocycles. The third-order valence-corrected chi connectivity index (χ3v) is 3.88. The van der Waals surface area contributed by atoms with Gasteiger partial charge in [0.15, 0.2) is 0 Å². The molecule has 1 unspecified atom stereocenters. The van der Waals surface area contributed by atoms with Gasteiger partial charge in [-0.25, -0.2) is 0 Å². The molecular weight excluding hydrogens is 294 g/mol. The summed E-state index contributed by atoms with van der Waals surface area (Å²) in [6.07, 6.45) is 1.62. The topological polar surface area (TPSA) is 27.7 Å². The molecule has 14 heavy (non-hydrogen) atoms. The van der Waals surface area contributed by atoms with E-state index in [1.807, 2.05) is 27.7 Å². The predicted molar refractivity (Wildman–Crippen MR) is 65.2 cm³/mol. The van der Waals surface area contributed by atoms with E-state index in [2.05, 4.69) is 22.6 Å². The molecule has 1 heterocycles. The predicted octanol–water partition coefficient (Wildman–Crippen LogP) is 2.54. The highest BCUT2D eigenvalue weighted by atomic mass is 127. The summed E-state index contributed by atoms with van der Waals surface area (Å²) in [7, 11) is -0.307. The second-order valence-corrected chi connectivity index (χ2v) is 5.87. The highest BCUT2D eigenvalue weighted by molar-refractivity contribution is 14.1. The first kappa shape index (κ1) is 12.3. The summed E-state index contributed by atoms with van der Waals surface area (Å²) in [5, 5.41) is 0. The first-order valence-corrected chi connectivity index (χ1v) is 5.80. The Morgan fingerprint density at radius 3 is 2.43 bits per heavy atom. The first-order valence-electron chi connectivity index (χ1n) is 4.72. The number of ether oxygens (including phenoxy) is 1. The molecule has 5 heteroatoms. The molecule has 0 bridgehead atoms. The summed E-state index contributed by atoms with van der Waals surface area (Å²) in [4.78, 5) is 0. The van der Waals surface area contributed by atoms with Crippen LogP contribution in [0.4, 0.5) is 0 Å². The smallest absolute Gasteiger partial charge is 0.490 e. The molecule has 0 amide bonds. The van der Waals surface area contributed by atoms with Crippen LogP contribution in [0.5, 0.6) is 0 Å². The molecular formula is C9H16BIO3. The van der Waals surface area contributed by atoms with Crippen molar-refractivity contribution in [3.8, 4) is 0 Å². The highest BCUT2D eigenvalue weighted by Crippen LogP contribution is 2.42. The lowest BCUT2D eigenvalue weighted by Gasteiger charge is -2.30. The summed E-state index contributed by atoms with van der Waals surface area (Å²) < 4.78 is 16.2. The lowest BCUT2D eigenvalue weighted by Crippen LogP contribution is -2.38. The number of hydrogen-bond acceptors (Lipinski definition) is 3. The molecule has 0 spiro atoms. The van der Waals surface area contributed by atoms with Crippen molar-refractivity contribution < 1.29 is 14.0 Å². The van der Waals surface area contributed by atoms with Crippen LogP contribution in [0.25, 0.3) is 0 Å². The van der Waals surface area contributed by atoms with Gasteiger partial charge in [0.1, 0.15) is 3.61 Å². The average molecular weight is 310 g/mol. The van der Waals surface area contributed by atoms with Crippen LogP contribution < -0.4 is 0 Å². The zero-order valence-corrected chi connectivity index (χ0v) is 11.2. The van der Waals surface area contributed by atoms with Gasteiger partial charge in [-0.15, -0.1) is 0 Å². The Morgan fingerprint density at radius 1 is 1.36 bits per heavy atom. The van der Waals surface area contributed by atoms with Crippen molar-refractivity contribution in [1.29, 1.82) is 0 Å². The normalized spacial score (nSPS) is 31.4. The Morgan fingerprint density at radius 2 is 2.00 bits per heavy atom. The standard InChI is InChI=1S/C9H16BIO3/c1-5-12-7-6-10-13-8(2,3)9(4,11)14-10/h6-7H,5H2,1-4H3/b7-6+. The van der Waals surface area contributed by atoms with Crippen molar-refractivity contribution in [3.63, 3.8) is 0 Å². The van der Waals surface area contributed by atoms with Crippen LogP contribution in [0.1, 0.15) is 27.7 Å². The van der Waals surface area contributed by atoms with Crippen LogP contribution in [0.2, 0.25) is 0 Å². The second-order valence-electron chi connectivity index (χ2n) is 3.82. The van der Waals surface area contributed by atoms with Crippen molar-refractivity contribution in [2.75, 3.05) is 6.61 Å². The van der Waals surface area contributed by atoms with Crippen LogP contribution in [0.3, 0.4) is 0 Å². The van der Waals surface area contributed by atoms with Gasteiger partial charge < -0.3 is 14.0 Å². The van der Waals surface area contributed by atoms with E-state index in [1.165, 1.54) is 0 Å². The van der Waals surface area contributed by atoms with Crippen molar-refractivity contribution in [2.45, 2.75) is 36.9 Å². The molecule has 1 aliphatic rings. The van der Waals surface area contributed by atoms with E-state index in [1.54, 1.807) is 12.2 Å². The lowest BCUT2D eigenvalue weighted by atomic mass is 9.91. The Kier molecular flexibility index (Phi) is 3.88. The van der Waals surface area contributed by atoms with Crippen molar-refractivity contribution >= 4 is 29.7 Å². The van der Waals surface area contributed by atoms with Gasteiger partial charge in [0, 0.05) is 0 Å². The van der Waals surface area contributed by atoms with Crippen LogP contribution in [-0.4, -0.2) is 22.9 Å². The molecule has 0 aromatic heterocycles. The molecule has 80 valence electrons. The molecule has 1 rings (SSSR count). The van der Waals surface area contributed by atoms with E-state index in [0.29, 0.717) is 6.61 Å². The molecule has 0 aromatic rings. The number of hydrogen-bond donors (Lipinski definition) is 0. The summed E-state index contributed by atoms with van der Waals surface area (Å²) in [5.74, 6) is 1.79. The van der Waals surface area contributed by atoms with E-state index >= 15 is 0 Å². The van der Waals surface area contributed by atoms with E-state index in [-0.39, 0.29) is 16.3 Å². The summed E-state index contributed by atoms with van der Waals surface area (Å²) in [5.41, 5.74) is -0.283. The van der Waals surface area contributed by atoms with Gasteiger partial charge in [-0.05, 0) is 56.3 Å². The third kappa shape index (κ3) is 2.64. The maximum Gasteiger partial charge on any atom is 0.490 e. The Labute approximate surface area is 99.5 Å². The van der Waals surface area contributed by atoms with Crippen LogP contribution in [0, 0.1) is 0 Å². The fraction of sp³-hybridized carbons (Fsp3) is 0.778. The number of rotatable bonds is 3. The Bertz CT molecular complexity index is 212. The maximum atomic E-state index is 5.71. The first-order chi connectivity index (χ1) is 6.39. The molecule has 0 radical (unpaired) electrons. The molecule has 3 nitrogen and oxygen atoms in total. The van der Waals surface area contributed by atoms with Gasteiger partial charge in [0.05, 0.1) is 18.5 Å². The summed E-state index contributed by atoms with van der Waals surface area (Å²) in [6, 6.07) is 0. The zero-order valence-electron chi connectivity index (χ0n) is 9.04. The third-order valence-electron chi connectivity index (χ3n) is 2.32. The van der Waals surface area contributed by atoms with Gasteiger partial charge in [-0.2, -0.15) is 0 Å². The molecule has 1 fully saturated rings. The van der Waals surface area contributed by atoms with Crippen LogP contribution in [0.15, 0.2) is 12.2 Å². The minimum absolute atomic E-state index is 0.283. The van der Waals surface area contributed by atoms with E-state index in [4.69, 9.17) is 14.0 Å². The molecule has 1 atom stereocenters. The van der Waals surface area contributed by atoms with Gasteiger partial charge in [-0.1, -0.05) is 0 Å². The zero-order chi connectivity index (χ0) is 10.8. The van der Waals surface area contributed by atoms with E-state index < -0.39 is 0 Å². The molecule has 0 N–H and O–H groups in total. The monoisotopic (exact) mass is 310 g/mol. The Hall–Kier alpha value is 0.255. The fourth-order valence-corrected chi connectivity index (χ4v) is 1.45. The summed E-state index contributed by atoms with van der Waals surface area (Å²) in [6.45, 7) is 8.66. The van der Waals surface area contributed by atoms with Gasteiger partial charge in [0.2, 0.25) is 0 Å². The molecule has 0 saturated carbocycles. The highest BCUT2D eigenvalue weighted by Gasteiger charge is 2.51. The lowest BCUT2D eigenvalue weighted by molar-refractivity contribution is 0.0726. The van der Waals surface area contributed by atoms with Crippen LogP contribution in [-0.2, 0) is 14.0 Å². The van der Waals surface area contributed by atoms with Crippen molar-refractivity contribution in [3.05, 3.63) is 12.2 Å². The quantitative estimate of drug-likeness (QED) is 0.347. The molecule has 1 saturated heterocycles. The fourth-order valence-electron chi connectivity index (χ4n) is 1.07. The Balaban J connectivity index is 2.55. The largest absolute Gasteiger partial charge is 0.502 e. The number of alkyl halides is 1. The van der Waals surface area contributed by atoms with Gasteiger partial charge in [-0.3, -0.25) is 0 Å².